The normalized spacial score (nSPS) is 11.1. The number of carbonyl (C=O) groups is 2. The molecule has 41 heavy (non-hydrogen) atoms. The van der Waals surface area contributed by atoms with Crippen LogP contribution in [0.5, 0.6) is 11.5 Å². The van der Waals surface area contributed by atoms with Gasteiger partial charge in [0.25, 0.3) is 9.84 Å². The van der Waals surface area contributed by atoms with Crippen LogP contribution in [0, 0.1) is 5.21 Å². The maximum Gasteiger partial charge on any atom is 0.336 e. The Morgan fingerprint density at radius 1 is 1.00 bits per heavy atom. The molecule has 1 heterocycles. The van der Waals surface area contributed by atoms with Gasteiger partial charge in [-0.05, 0) is 83.7 Å². The van der Waals surface area contributed by atoms with E-state index in [0.717, 1.165) is 0 Å². The second-order valence-electron chi connectivity index (χ2n) is 8.35. The van der Waals surface area contributed by atoms with Crippen molar-refractivity contribution in [2.75, 3.05) is 0 Å². The average Bonchev–Trinajstić information content (AvgIpc) is 3.35. The van der Waals surface area contributed by atoms with Gasteiger partial charge < -0.3 is 14.7 Å². The second kappa shape index (κ2) is 13.4. The number of hydrogen-bond acceptors (Lipinski definition) is 11. The van der Waals surface area contributed by atoms with Crippen molar-refractivity contribution in [2.24, 2.45) is 4.99 Å². The predicted molar refractivity (Wildman–Crippen MR) is 148 cm³/mol. The van der Waals surface area contributed by atoms with Gasteiger partial charge in [-0.2, -0.15) is 4.99 Å². The van der Waals surface area contributed by atoms with Gasteiger partial charge >= 0.3 is 17.0 Å². The molecule has 0 amide bonds. The van der Waals surface area contributed by atoms with Crippen molar-refractivity contribution >= 4 is 50.9 Å². The van der Waals surface area contributed by atoms with Gasteiger partial charge in [0, 0.05) is 24.1 Å². The SMILES string of the molecule is O=C(/C=C/c1ccc(OC(=O)CCCc2no[n+]([O-])c2S(=O)(=O)c2ccccc2)cc1)Oc1ccc(N=C=S)cc1. The first-order valence-electron chi connectivity index (χ1n) is 12.0. The van der Waals surface area contributed by atoms with E-state index in [1.807, 2.05) is 0 Å². The van der Waals surface area contributed by atoms with E-state index in [9.17, 15) is 23.2 Å². The molecule has 0 unspecified atom stereocenters. The standard InChI is InChI=1S/C28H21N3O8S2/c32-26(8-4-7-25-28(31(34)39-30-25)41(35,36)24-5-2-1-3-6-24)37-22-14-9-20(10-15-22)11-18-27(33)38-23-16-12-21(13-17-23)29-19-40/h1-3,5-6,9-18H,4,7-8H2/b18-11+. The molecule has 0 aliphatic heterocycles. The number of carbonyl (C=O) groups excluding carboxylic acids is 2. The summed E-state index contributed by atoms with van der Waals surface area (Å²) in [5.41, 5.74) is 1.17. The minimum Gasteiger partial charge on any atom is -0.427 e. The summed E-state index contributed by atoms with van der Waals surface area (Å²) < 4.78 is 40.7. The van der Waals surface area contributed by atoms with Gasteiger partial charge in [0.2, 0.25) is 5.69 Å². The van der Waals surface area contributed by atoms with Crippen molar-refractivity contribution in [3.63, 3.8) is 0 Å². The zero-order valence-electron chi connectivity index (χ0n) is 21.2. The number of thiocarbonyl (C=S) groups is 1. The summed E-state index contributed by atoms with van der Waals surface area (Å²) in [4.78, 5) is 28.0. The zero-order valence-corrected chi connectivity index (χ0v) is 22.8. The number of isothiocyanates is 1. The number of rotatable bonds is 11. The lowest BCUT2D eigenvalue weighted by molar-refractivity contribution is -0.832. The van der Waals surface area contributed by atoms with Crippen molar-refractivity contribution in [3.8, 4) is 11.5 Å². The second-order valence-corrected chi connectivity index (χ2v) is 10.4. The molecule has 11 nitrogen and oxygen atoms in total. The fourth-order valence-electron chi connectivity index (χ4n) is 3.57. The minimum absolute atomic E-state index is 0.000292. The molecule has 0 aliphatic carbocycles. The van der Waals surface area contributed by atoms with Gasteiger partial charge in [0.05, 0.1) is 15.7 Å². The largest absolute Gasteiger partial charge is 0.427 e. The van der Waals surface area contributed by atoms with E-state index in [-0.39, 0.29) is 40.5 Å². The van der Waals surface area contributed by atoms with E-state index < -0.39 is 26.8 Å². The molecule has 0 fully saturated rings. The van der Waals surface area contributed by atoms with Crippen LogP contribution < -0.4 is 14.4 Å². The molecule has 3 aromatic carbocycles. The first kappa shape index (κ1) is 29.0. The molecule has 4 rings (SSSR count). The molecule has 0 spiro atoms. The molecule has 13 heteroatoms. The number of esters is 2. The number of benzene rings is 3. The lowest BCUT2D eigenvalue weighted by Crippen LogP contribution is -2.31. The Bertz CT molecular complexity index is 1710. The average molecular weight is 592 g/mol. The minimum atomic E-state index is -4.16. The molecule has 0 atom stereocenters. The molecule has 208 valence electrons. The third-order valence-electron chi connectivity index (χ3n) is 5.49. The van der Waals surface area contributed by atoms with E-state index in [0.29, 0.717) is 17.0 Å². The van der Waals surface area contributed by atoms with Gasteiger partial charge in [-0.1, -0.05) is 30.3 Å². The highest BCUT2D eigenvalue weighted by atomic mass is 32.2. The Balaban J connectivity index is 1.27. The van der Waals surface area contributed by atoms with Crippen LogP contribution in [0.3, 0.4) is 0 Å². The maximum atomic E-state index is 12.8. The number of sulfone groups is 1. The van der Waals surface area contributed by atoms with E-state index >= 15 is 0 Å². The smallest absolute Gasteiger partial charge is 0.336 e. The summed E-state index contributed by atoms with van der Waals surface area (Å²) in [6.07, 6.45) is 2.89. The summed E-state index contributed by atoms with van der Waals surface area (Å²) in [5, 5.41) is 17.2. The molecule has 0 saturated carbocycles. The van der Waals surface area contributed by atoms with Crippen LogP contribution in [0.25, 0.3) is 6.08 Å². The Hall–Kier alpha value is -4.97. The fraction of sp³-hybridized carbons (Fsp3) is 0.107. The third kappa shape index (κ3) is 7.79. The van der Waals surface area contributed by atoms with Gasteiger partial charge in [-0.15, -0.1) is 0 Å². The highest BCUT2D eigenvalue weighted by Gasteiger charge is 2.33. The van der Waals surface area contributed by atoms with Crippen LogP contribution in [-0.4, -0.2) is 30.7 Å². The monoisotopic (exact) mass is 591 g/mol. The summed E-state index contributed by atoms with van der Waals surface area (Å²) >= 11 is 4.54. The number of hydrogen-bond donors (Lipinski definition) is 0. The van der Waals surface area contributed by atoms with Crippen LogP contribution in [0.15, 0.2) is 104 Å². The van der Waals surface area contributed by atoms with Crippen LogP contribution in [0.2, 0.25) is 0 Å². The summed E-state index contributed by atoms with van der Waals surface area (Å²) in [6, 6.07) is 20.3. The number of aliphatic imine (C=N–C) groups is 1. The molecule has 4 aromatic rings. The Morgan fingerprint density at radius 3 is 2.34 bits per heavy atom. The molecular formula is C28H21N3O8S2. The molecule has 0 bridgehead atoms. The summed E-state index contributed by atoms with van der Waals surface area (Å²) in [7, 11) is -4.16. The molecule has 0 aliphatic rings. The maximum absolute atomic E-state index is 12.8. The molecule has 0 radical (unpaired) electrons. The van der Waals surface area contributed by atoms with Gasteiger partial charge in [-0.25, -0.2) is 13.2 Å². The molecule has 0 N–H and O–H groups in total. The number of aromatic nitrogens is 2. The highest BCUT2D eigenvalue weighted by Crippen LogP contribution is 2.22. The third-order valence-corrected chi connectivity index (χ3v) is 7.37. The van der Waals surface area contributed by atoms with Crippen molar-refractivity contribution in [1.82, 2.24) is 5.16 Å². The Kier molecular flexibility index (Phi) is 9.48. The van der Waals surface area contributed by atoms with Crippen molar-refractivity contribution in [1.29, 1.82) is 0 Å². The first-order chi connectivity index (χ1) is 19.8. The van der Waals surface area contributed by atoms with Crippen molar-refractivity contribution in [2.45, 2.75) is 29.2 Å². The number of aryl methyl sites for hydroxylation is 1. The molecular weight excluding hydrogens is 570 g/mol. The highest BCUT2D eigenvalue weighted by molar-refractivity contribution is 7.91. The topological polar surface area (TPSA) is 152 Å². The molecule has 0 saturated heterocycles. The van der Waals surface area contributed by atoms with Crippen molar-refractivity contribution in [3.05, 3.63) is 101 Å². The van der Waals surface area contributed by atoms with Gasteiger partial charge in [0.1, 0.15) is 11.5 Å². The van der Waals surface area contributed by atoms with Crippen LogP contribution in [-0.2, 0) is 25.8 Å². The zero-order chi connectivity index (χ0) is 29.2. The lowest BCUT2D eigenvalue weighted by Gasteiger charge is -2.05. The summed E-state index contributed by atoms with van der Waals surface area (Å²) in [6.45, 7) is 0. The molecule has 1 aromatic heterocycles. The lowest BCUT2D eigenvalue weighted by atomic mass is 10.2. The van der Waals surface area contributed by atoms with Crippen molar-refractivity contribution < 1.29 is 37.0 Å². The van der Waals surface area contributed by atoms with E-state index in [4.69, 9.17) is 9.47 Å². The van der Waals surface area contributed by atoms with Gasteiger partial charge in [-0.3, -0.25) is 9.42 Å². The quantitative estimate of drug-likeness (QED) is 0.0612. The van der Waals surface area contributed by atoms with E-state index in [1.54, 1.807) is 60.7 Å². The van der Waals surface area contributed by atoms with Crippen LogP contribution in [0.1, 0.15) is 24.1 Å². The predicted octanol–water partition coefficient (Wildman–Crippen LogP) is 4.42. The van der Waals surface area contributed by atoms with Crippen LogP contribution >= 0.6 is 12.2 Å². The first-order valence-corrected chi connectivity index (χ1v) is 13.9. The van der Waals surface area contributed by atoms with Gasteiger partial charge in [0.15, 0.2) is 0 Å². The summed E-state index contributed by atoms with van der Waals surface area (Å²) in [5.74, 6) is -0.527. The number of nitrogens with zero attached hydrogens (tertiary/aromatic N) is 3. The Labute approximate surface area is 239 Å². The fourth-order valence-corrected chi connectivity index (χ4v) is 5.09. The Morgan fingerprint density at radius 2 is 1.66 bits per heavy atom. The van der Waals surface area contributed by atoms with E-state index in [2.05, 4.69) is 32.2 Å². The number of ether oxygens (including phenoxy) is 2. The van der Waals surface area contributed by atoms with Crippen LogP contribution in [0.4, 0.5) is 5.69 Å². The van der Waals surface area contributed by atoms with E-state index in [1.165, 1.54) is 30.3 Å².